The maximum Gasteiger partial charge on any atom is 0.431 e. The molecular formula is C15H24N2O5. The van der Waals surface area contributed by atoms with Crippen LogP contribution in [0.1, 0.15) is 46.5 Å². The molecule has 0 bridgehead atoms. The van der Waals surface area contributed by atoms with Crippen LogP contribution < -0.4 is 5.48 Å². The molecule has 0 aromatic heterocycles. The normalized spacial score (nSPS) is 14.6. The molecule has 0 saturated carbocycles. The van der Waals surface area contributed by atoms with Crippen LogP contribution in [-0.4, -0.2) is 41.6 Å². The summed E-state index contributed by atoms with van der Waals surface area (Å²) >= 11 is 0. The first-order valence-electron chi connectivity index (χ1n) is 7.44. The molecule has 0 radical (unpaired) electrons. The molecule has 3 amide bonds. The molecule has 0 atom stereocenters. The first-order chi connectivity index (χ1) is 10.3. The van der Waals surface area contributed by atoms with Gasteiger partial charge in [-0.1, -0.05) is 12.8 Å². The Bertz CT molecular complexity index is 422. The molecule has 1 aliphatic heterocycles. The zero-order valence-corrected chi connectivity index (χ0v) is 13.4. The van der Waals surface area contributed by atoms with Crippen LogP contribution in [0.2, 0.25) is 0 Å². The second-order valence-corrected chi connectivity index (χ2v) is 6.03. The second kappa shape index (κ2) is 8.53. The minimum Gasteiger partial charge on any atom is -0.442 e. The molecule has 0 aromatic carbocycles. The van der Waals surface area contributed by atoms with Crippen molar-refractivity contribution in [2.45, 2.75) is 52.1 Å². The van der Waals surface area contributed by atoms with E-state index in [2.05, 4.69) is 5.48 Å². The van der Waals surface area contributed by atoms with Crippen LogP contribution >= 0.6 is 0 Å². The molecule has 0 unspecified atom stereocenters. The summed E-state index contributed by atoms with van der Waals surface area (Å²) in [7, 11) is 0. The van der Waals surface area contributed by atoms with Crippen molar-refractivity contribution in [1.29, 1.82) is 0 Å². The van der Waals surface area contributed by atoms with E-state index in [1.165, 1.54) is 17.1 Å². The van der Waals surface area contributed by atoms with E-state index in [-0.39, 0.29) is 11.8 Å². The third-order valence-corrected chi connectivity index (χ3v) is 2.83. The van der Waals surface area contributed by atoms with Gasteiger partial charge < -0.3 is 4.74 Å². The van der Waals surface area contributed by atoms with Gasteiger partial charge in [0.2, 0.25) is 0 Å². The van der Waals surface area contributed by atoms with Crippen molar-refractivity contribution in [1.82, 2.24) is 10.4 Å². The lowest BCUT2D eigenvalue weighted by molar-refractivity contribution is -0.136. The fourth-order valence-corrected chi connectivity index (χ4v) is 1.86. The molecule has 0 saturated heterocycles. The number of carbonyl (C=O) groups is 3. The minimum atomic E-state index is -0.606. The smallest absolute Gasteiger partial charge is 0.431 e. The highest BCUT2D eigenvalue weighted by molar-refractivity contribution is 6.12. The van der Waals surface area contributed by atoms with Crippen molar-refractivity contribution >= 4 is 17.9 Å². The van der Waals surface area contributed by atoms with Crippen LogP contribution in [0.25, 0.3) is 0 Å². The predicted octanol–water partition coefficient (Wildman–Crippen LogP) is 1.93. The number of hydrogen-bond donors (Lipinski definition) is 1. The predicted molar refractivity (Wildman–Crippen MR) is 79.6 cm³/mol. The lowest BCUT2D eigenvalue weighted by Gasteiger charge is -2.19. The molecule has 1 heterocycles. The van der Waals surface area contributed by atoms with Gasteiger partial charge in [-0.25, -0.2) is 4.79 Å². The highest BCUT2D eigenvalue weighted by Gasteiger charge is 2.22. The van der Waals surface area contributed by atoms with Crippen molar-refractivity contribution in [3.63, 3.8) is 0 Å². The van der Waals surface area contributed by atoms with Crippen LogP contribution in [0.4, 0.5) is 4.79 Å². The summed E-state index contributed by atoms with van der Waals surface area (Å²) in [6.07, 6.45) is 5.28. The molecule has 0 fully saturated rings. The number of amides is 3. The Morgan fingerprint density at radius 2 is 1.68 bits per heavy atom. The van der Waals surface area contributed by atoms with Gasteiger partial charge >= 0.3 is 6.09 Å². The number of rotatable bonds is 8. The van der Waals surface area contributed by atoms with Crippen LogP contribution in [0.5, 0.6) is 0 Å². The van der Waals surface area contributed by atoms with Gasteiger partial charge in [0.05, 0.1) is 6.61 Å². The molecule has 7 heteroatoms. The topological polar surface area (TPSA) is 84.9 Å². The first kappa shape index (κ1) is 18.2. The van der Waals surface area contributed by atoms with Crippen LogP contribution in [0.3, 0.4) is 0 Å². The molecule has 22 heavy (non-hydrogen) atoms. The number of nitrogens with zero attached hydrogens (tertiary/aromatic N) is 1. The maximum atomic E-state index is 11.3. The van der Waals surface area contributed by atoms with Gasteiger partial charge in [-0.3, -0.25) is 19.3 Å². The molecule has 7 nitrogen and oxygen atoms in total. The number of carbonyl (C=O) groups excluding carboxylic acids is 3. The fraction of sp³-hybridized carbons (Fsp3) is 0.667. The number of ether oxygens (including phenoxy) is 1. The number of hydrogen-bond acceptors (Lipinski definition) is 5. The van der Waals surface area contributed by atoms with E-state index in [1.54, 1.807) is 20.8 Å². The summed E-state index contributed by atoms with van der Waals surface area (Å²) in [6.45, 7) is 6.16. The van der Waals surface area contributed by atoms with Crippen molar-refractivity contribution in [3.05, 3.63) is 12.2 Å². The molecule has 1 N–H and O–H groups in total. The lowest BCUT2D eigenvalue weighted by Crippen LogP contribution is -2.32. The van der Waals surface area contributed by atoms with Crippen LogP contribution in [-0.2, 0) is 19.2 Å². The van der Waals surface area contributed by atoms with E-state index in [0.717, 1.165) is 25.7 Å². The molecule has 0 aromatic rings. The Hall–Kier alpha value is -1.89. The largest absolute Gasteiger partial charge is 0.442 e. The van der Waals surface area contributed by atoms with Gasteiger partial charge in [0.15, 0.2) is 0 Å². The Morgan fingerprint density at radius 1 is 1.09 bits per heavy atom. The van der Waals surface area contributed by atoms with Crippen molar-refractivity contribution < 1.29 is 24.0 Å². The summed E-state index contributed by atoms with van der Waals surface area (Å²) in [4.78, 5) is 40.1. The monoisotopic (exact) mass is 312 g/mol. The maximum absolute atomic E-state index is 11.3. The standard InChI is InChI=1S/C15H24N2O5/c1-15(2,3)22-14(20)16-21-11-7-5-4-6-10-17-12(18)8-9-13(17)19/h8-9H,4-7,10-11H2,1-3H3,(H,16,20). The van der Waals surface area contributed by atoms with E-state index in [1.807, 2.05) is 0 Å². The third kappa shape index (κ3) is 7.21. The highest BCUT2D eigenvalue weighted by Crippen LogP contribution is 2.08. The highest BCUT2D eigenvalue weighted by atomic mass is 16.7. The number of imide groups is 1. The van der Waals surface area contributed by atoms with Gasteiger partial charge in [0.1, 0.15) is 5.60 Å². The van der Waals surface area contributed by atoms with Gasteiger partial charge in [0, 0.05) is 18.7 Å². The quantitative estimate of drug-likeness (QED) is 0.420. The summed E-state index contributed by atoms with van der Waals surface area (Å²) in [5, 5.41) is 0. The minimum absolute atomic E-state index is 0.241. The van der Waals surface area contributed by atoms with Gasteiger partial charge in [-0.15, -0.1) is 0 Å². The van der Waals surface area contributed by atoms with E-state index in [4.69, 9.17) is 9.57 Å². The van der Waals surface area contributed by atoms with E-state index >= 15 is 0 Å². The molecule has 1 aliphatic rings. The van der Waals surface area contributed by atoms with Gasteiger partial charge in [-0.2, -0.15) is 5.48 Å². The third-order valence-electron chi connectivity index (χ3n) is 2.83. The van der Waals surface area contributed by atoms with Crippen molar-refractivity contribution in [2.24, 2.45) is 0 Å². The van der Waals surface area contributed by atoms with Crippen LogP contribution in [0, 0.1) is 0 Å². The average Bonchev–Trinajstić information content (AvgIpc) is 2.71. The summed E-state index contributed by atoms with van der Waals surface area (Å²) in [6, 6.07) is 0. The second-order valence-electron chi connectivity index (χ2n) is 6.03. The summed E-state index contributed by atoms with van der Waals surface area (Å²) < 4.78 is 5.01. The van der Waals surface area contributed by atoms with Crippen LogP contribution in [0.15, 0.2) is 12.2 Å². The molecular weight excluding hydrogens is 288 g/mol. The number of hydroxylamine groups is 1. The number of unbranched alkanes of at least 4 members (excludes halogenated alkanes) is 3. The Kier molecular flexibility index (Phi) is 7.04. The molecule has 1 rings (SSSR count). The fourth-order valence-electron chi connectivity index (χ4n) is 1.86. The van der Waals surface area contributed by atoms with Crippen molar-refractivity contribution in [2.75, 3.05) is 13.2 Å². The zero-order valence-electron chi connectivity index (χ0n) is 13.4. The summed E-state index contributed by atoms with van der Waals surface area (Å²) in [5.41, 5.74) is 1.67. The SMILES string of the molecule is CC(C)(C)OC(=O)NOCCCCCCN1C(=O)C=CC1=O. The van der Waals surface area contributed by atoms with Crippen molar-refractivity contribution in [3.8, 4) is 0 Å². The van der Waals surface area contributed by atoms with Gasteiger partial charge in [0.25, 0.3) is 11.8 Å². The molecule has 124 valence electrons. The molecule has 0 spiro atoms. The van der Waals surface area contributed by atoms with E-state index < -0.39 is 11.7 Å². The summed E-state index contributed by atoms with van der Waals surface area (Å²) in [5.74, 6) is -0.482. The Morgan fingerprint density at radius 3 is 2.27 bits per heavy atom. The van der Waals surface area contributed by atoms with E-state index in [0.29, 0.717) is 13.2 Å². The molecule has 0 aliphatic carbocycles. The first-order valence-corrected chi connectivity index (χ1v) is 7.44. The number of nitrogens with one attached hydrogen (secondary N) is 1. The van der Waals surface area contributed by atoms with E-state index in [9.17, 15) is 14.4 Å². The Balaban J connectivity index is 1.95. The zero-order chi connectivity index (χ0) is 16.6. The lowest BCUT2D eigenvalue weighted by atomic mass is 10.2. The Labute approximate surface area is 130 Å². The van der Waals surface area contributed by atoms with Gasteiger partial charge in [-0.05, 0) is 33.6 Å². The average molecular weight is 312 g/mol.